The van der Waals surface area contributed by atoms with Crippen LogP contribution in [0, 0.1) is 11.8 Å². The van der Waals surface area contributed by atoms with Crippen molar-refractivity contribution in [2.24, 2.45) is 11.8 Å². The predicted octanol–water partition coefficient (Wildman–Crippen LogP) is 0.936. The first kappa shape index (κ1) is 13.9. The predicted molar refractivity (Wildman–Crippen MR) is 74.9 cm³/mol. The van der Waals surface area contributed by atoms with E-state index < -0.39 is 5.60 Å². The van der Waals surface area contributed by atoms with Crippen molar-refractivity contribution < 1.29 is 5.11 Å². The lowest BCUT2D eigenvalue weighted by Gasteiger charge is -2.50. The first-order valence-electron chi connectivity index (χ1n) is 7.84. The summed E-state index contributed by atoms with van der Waals surface area (Å²) in [5.41, 5.74) is -0.398. The van der Waals surface area contributed by atoms with Crippen molar-refractivity contribution in [1.82, 2.24) is 25.1 Å². The maximum atomic E-state index is 10.9. The maximum Gasteiger partial charge on any atom is 0.138 e. The third-order valence-corrected chi connectivity index (χ3v) is 5.28. The third-order valence-electron chi connectivity index (χ3n) is 5.28. The summed E-state index contributed by atoms with van der Waals surface area (Å²) in [5.74, 6) is 0.940. The van der Waals surface area contributed by atoms with Crippen LogP contribution in [0.1, 0.15) is 39.0 Å². The van der Waals surface area contributed by atoms with Crippen LogP contribution in [0.2, 0.25) is 0 Å². The first-order chi connectivity index (χ1) is 9.68. The fourth-order valence-corrected chi connectivity index (χ4v) is 3.68. The molecule has 1 saturated heterocycles. The second-order valence-electron chi connectivity index (χ2n) is 6.50. The smallest absolute Gasteiger partial charge is 0.138 e. The number of nitrogens with zero attached hydrogens (tertiary/aromatic N) is 5. The number of rotatable bonds is 5. The fourth-order valence-electron chi connectivity index (χ4n) is 3.68. The second kappa shape index (κ2) is 5.77. The van der Waals surface area contributed by atoms with Crippen molar-refractivity contribution >= 4 is 0 Å². The van der Waals surface area contributed by atoms with Crippen LogP contribution in [0.5, 0.6) is 0 Å². The van der Waals surface area contributed by atoms with E-state index in [-0.39, 0.29) is 0 Å². The Morgan fingerprint density at radius 2 is 2.20 bits per heavy atom. The molecule has 1 aliphatic carbocycles. The average molecular weight is 279 g/mol. The average Bonchev–Trinajstić information content (AvgIpc) is 2.85. The summed E-state index contributed by atoms with van der Waals surface area (Å²) in [6.07, 6.45) is 7.40. The molecule has 112 valence electrons. The molecular formula is C14H25N5O. The molecule has 1 aromatic heterocycles. The summed E-state index contributed by atoms with van der Waals surface area (Å²) in [5, 5.41) is 22.1. The molecule has 2 heterocycles. The molecule has 0 bridgehead atoms. The Kier molecular flexibility index (Phi) is 4.03. The van der Waals surface area contributed by atoms with Gasteiger partial charge in [0.25, 0.3) is 0 Å². The van der Waals surface area contributed by atoms with Crippen molar-refractivity contribution in [3.63, 3.8) is 0 Å². The third kappa shape index (κ3) is 2.72. The molecule has 20 heavy (non-hydrogen) atoms. The van der Waals surface area contributed by atoms with Gasteiger partial charge in [-0.05, 0) is 54.5 Å². The molecule has 0 spiro atoms. The monoisotopic (exact) mass is 279 g/mol. The molecule has 1 aliphatic heterocycles. The van der Waals surface area contributed by atoms with Crippen molar-refractivity contribution in [2.45, 2.75) is 51.2 Å². The number of tetrazole rings is 1. The van der Waals surface area contributed by atoms with Gasteiger partial charge in [-0.3, -0.25) is 0 Å². The van der Waals surface area contributed by atoms with Gasteiger partial charge in [0.2, 0.25) is 0 Å². The van der Waals surface area contributed by atoms with E-state index in [1.54, 1.807) is 11.0 Å². The van der Waals surface area contributed by atoms with E-state index in [0.717, 1.165) is 39.0 Å². The molecule has 1 saturated carbocycles. The number of piperidine rings is 1. The topological polar surface area (TPSA) is 67.1 Å². The van der Waals surface area contributed by atoms with Crippen molar-refractivity contribution in [2.75, 3.05) is 19.6 Å². The number of hydrogen-bond acceptors (Lipinski definition) is 5. The van der Waals surface area contributed by atoms with Gasteiger partial charge in [0.05, 0.1) is 5.60 Å². The van der Waals surface area contributed by atoms with Crippen molar-refractivity contribution in [1.29, 1.82) is 0 Å². The lowest BCUT2D eigenvalue weighted by Crippen LogP contribution is -2.56. The van der Waals surface area contributed by atoms with Crippen LogP contribution in [0.3, 0.4) is 0 Å². The molecule has 6 heteroatoms. The molecule has 6 nitrogen and oxygen atoms in total. The number of aryl methyl sites for hydroxylation is 1. The summed E-state index contributed by atoms with van der Waals surface area (Å²) >= 11 is 0. The van der Waals surface area contributed by atoms with Gasteiger partial charge in [-0.15, -0.1) is 5.10 Å². The quantitative estimate of drug-likeness (QED) is 0.868. The molecule has 2 aliphatic rings. The second-order valence-corrected chi connectivity index (χ2v) is 6.50. The van der Waals surface area contributed by atoms with Crippen LogP contribution < -0.4 is 0 Å². The minimum absolute atomic E-state index is 0.384. The van der Waals surface area contributed by atoms with E-state index in [4.69, 9.17) is 0 Å². The normalized spacial score (nSPS) is 32.2. The van der Waals surface area contributed by atoms with Gasteiger partial charge in [0.15, 0.2) is 0 Å². The highest BCUT2D eigenvalue weighted by Gasteiger charge is 2.46. The van der Waals surface area contributed by atoms with Gasteiger partial charge in [-0.1, -0.05) is 13.3 Å². The van der Waals surface area contributed by atoms with Crippen LogP contribution in [-0.2, 0) is 6.54 Å². The Labute approximate surface area is 120 Å². The highest BCUT2D eigenvalue weighted by Crippen LogP contribution is 2.44. The zero-order valence-corrected chi connectivity index (χ0v) is 12.3. The Bertz CT molecular complexity index is 419. The van der Waals surface area contributed by atoms with Gasteiger partial charge < -0.3 is 10.0 Å². The standard InChI is InChI=1S/C14H25N5O/c1-12-10-18(7-3-8-19-11-15-16-17-19)9-6-14(12,20)13-4-2-5-13/h11-13,20H,2-10H2,1H3/t12-,14+/m1/s1. The highest BCUT2D eigenvalue weighted by atomic mass is 16.3. The summed E-state index contributed by atoms with van der Waals surface area (Å²) in [6.45, 7) is 6.18. The summed E-state index contributed by atoms with van der Waals surface area (Å²) in [4.78, 5) is 2.47. The van der Waals surface area contributed by atoms with Gasteiger partial charge >= 0.3 is 0 Å². The Balaban J connectivity index is 1.44. The molecule has 0 radical (unpaired) electrons. The number of aliphatic hydroxyl groups is 1. The molecule has 1 aromatic rings. The van der Waals surface area contributed by atoms with Crippen LogP contribution in [-0.4, -0.2) is 55.4 Å². The van der Waals surface area contributed by atoms with Crippen molar-refractivity contribution in [3.8, 4) is 0 Å². The zero-order valence-electron chi connectivity index (χ0n) is 12.3. The Morgan fingerprint density at radius 3 is 2.80 bits per heavy atom. The lowest BCUT2D eigenvalue weighted by atomic mass is 9.65. The van der Waals surface area contributed by atoms with E-state index >= 15 is 0 Å². The molecular weight excluding hydrogens is 254 g/mol. The van der Waals surface area contributed by atoms with Crippen LogP contribution >= 0.6 is 0 Å². The molecule has 3 rings (SSSR count). The molecule has 0 aromatic carbocycles. The molecule has 2 fully saturated rings. The largest absolute Gasteiger partial charge is 0.389 e. The van der Waals surface area contributed by atoms with E-state index in [0.29, 0.717) is 11.8 Å². The van der Waals surface area contributed by atoms with Crippen LogP contribution in [0.4, 0.5) is 0 Å². The minimum Gasteiger partial charge on any atom is -0.389 e. The van der Waals surface area contributed by atoms with E-state index in [1.165, 1.54) is 19.3 Å². The Morgan fingerprint density at radius 1 is 1.35 bits per heavy atom. The van der Waals surface area contributed by atoms with E-state index in [1.807, 2.05) is 0 Å². The first-order valence-corrected chi connectivity index (χ1v) is 7.84. The van der Waals surface area contributed by atoms with E-state index in [9.17, 15) is 5.11 Å². The molecule has 0 unspecified atom stereocenters. The van der Waals surface area contributed by atoms with Gasteiger partial charge in [-0.2, -0.15) is 0 Å². The summed E-state index contributed by atoms with van der Waals surface area (Å²) < 4.78 is 1.78. The SMILES string of the molecule is C[C@@H]1CN(CCCn2cnnn2)CC[C@@]1(O)C1CCC1. The van der Waals surface area contributed by atoms with E-state index in [2.05, 4.69) is 27.3 Å². The minimum atomic E-state index is -0.398. The van der Waals surface area contributed by atoms with Gasteiger partial charge in [-0.25, -0.2) is 4.68 Å². The highest BCUT2D eigenvalue weighted by molar-refractivity contribution is 4.98. The van der Waals surface area contributed by atoms with Crippen LogP contribution in [0.15, 0.2) is 6.33 Å². The van der Waals surface area contributed by atoms with Gasteiger partial charge in [0.1, 0.15) is 6.33 Å². The number of aromatic nitrogens is 4. The zero-order chi connectivity index (χ0) is 14.0. The van der Waals surface area contributed by atoms with Crippen molar-refractivity contribution in [3.05, 3.63) is 6.33 Å². The molecule has 0 amide bonds. The number of likely N-dealkylation sites (tertiary alicyclic amines) is 1. The van der Waals surface area contributed by atoms with Crippen LogP contribution in [0.25, 0.3) is 0 Å². The number of hydrogen-bond donors (Lipinski definition) is 1. The maximum absolute atomic E-state index is 10.9. The Hall–Kier alpha value is -1.01. The fraction of sp³-hybridized carbons (Fsp3) is 0.929. The summed E-state index contributed by atoms with van der Waals surface area (Å²) in [6, 6.07) is 0. The summed E-state index contributed by atoms with van der Waals surface area (Å²) in [7, 11) is 0. The lowest BCUT2D eigenvalue weighted by molar-refractivity contribution is -0.127. The van der Waals surface area contributed by atoms with Gasteiger partial charge in [0, 0.05) is 19.6 Å². The molecule has 1 N–H and O–H groups in total. The molecule has 2 atom stereocenters.